The minimum atomic E-state index is -1.54. The number of aliphatic hydroxyl groups excluding tert-OH is 1. The molecule has 2 saturated heterocycles. The highest BCUT2D eigenvalue weighted by Crippen LogP contribution is 2.52. The monoisotopic (exact) mass is 948 g/mol. The predicted octanol–water partition coefficient (Wildman–Crippen LogP) is 3.32. The Morgan fingerprint density at radius 3 is 1.79 bits per heavy atom. The largest absolute Gasteiger partial charge is 0.456 e. The molecule has 2 fully saturated rings. The molecule has 0 aromatic heterocycles. The number of benzene rings is 3. The molecule has 354 valence electrons. The van der Waals surface area contributed by atoms with Crippen molar-refractivity contribution < 1.29 is 62.9 Å². The van der Waals surface area contributed by atoms with Crippen molar-refractivity contribution in [3.05, 3.63) is 130 Å². The Hall–Kier alpha value is -7.67. The Balaban J connectivity index is 1.19. The quantitative estimate of drug-likeness (QED) is 0.0440. The molecule has 7 atom stereocenters. The normalized spacial score (nSPS) is 20.5. The van der Waals surface area contributed by atoms with Crippen LogP contribution in [0.25, 0.3) is 0 Å². The zero-order valence-electron chi connectivity index (χ0n) is 35.7. The van der Waals surface area contributed by atoms with E-state index in [1.807, 2.05) is 0 Å². The number of hydrogen-bond acceptors (Lipinski definition) is 17. The number of nitrogens with zero attached hydrogens (tertiary/aromatic N) is 5. The number of primary amides is 1. The molecule has 0 aliphatic carbocycles. The topological polar surface area (TPSA) is 336 Å². The number of nitrogens with two attached hydrogens (primary N) is 1. The predicted molar refractivity (Wildman–Crippen MR) is 232 cm³/mol. The van der Waals surface area contributed by atoms with E-state index in [2.05, 4.69) is 10.6 Å². The molecular formula is C42H44N8O16S. The van der Waals surface area contributed by atoms with Crippen LogP contribution >= 0.6 is 11.8 Å². The third-order valence-corrected chi connectivity index (χ3v) is 12.8. The molecule has 25 heteroatoms. The summed E-state index contributed by atoms with van der Waals surface area (Å²) in [5, 5.41) is 48.1. The second kappa shape index (κ2) is 21.1. The van der Waals surface area contributed by atoms with Gasteiger partial charge in [0.05, 0.1) is 45.3 Å². The molecule has 0 spiro atoms. The molecule has 3 aliphatic rings. The summed E-state index contributed by atoms with van der Waals surface area (Å²) in [6.07, 6.45) is -3.50. The smallest absolute Gasteiger partial charge is 0.410 e. The number of nitro groups is 3. The van der Waals surface area contributed by atoms with Crippen LogP contribution in [0.2, 0.25) is 0 Å². The van der Waals surface area contributed by atoms with Crippen LogP contribution in [-0.2, 0) is 53.2 Å². The Morgan fingerprint density at radius 2 is 1.31 bits per heavy atom. The standard InChI is InChI=1S/C42H44N8O16S/c1-22-35-34(23(2)51)39(54)47(35)36(40(55)64-19-24-3-9-27(10-4-24)48(58)59)37(22)67-31-15-30(46(18-31)42(57)66-21-26-7-13-29(14-8-26)50(62)63)17-44-38(53)32(16-33(43)52)45-41(56)65-20-25-5-11-28(12-6-25)49(60)61/h3-14,22-23,30-32,34-35,51H,15-21H2,1-2H3,(H2,43,52)(H,44,53)(H,45,56)/t22-,23-,30+,31+,32+,34-,35-/m1/s1. The van der Waals surface area contributed by atoms with Crippen LogP contribution in [0.1, 0.15) is 43.4 Å². The SMILES string of the molecule is C[C@@H](O)[C@H]1C(=O)N2C(C(=O)OCc3ccc([N+](=O)[O-])cc3)=C(S[C@H]3C[C@@H](CNC(=O)[C@H](CC(N)=O)NC(=O)OCc4ccc([N+](=O)[O-])cc4)N(C(=O)OCc4ccc([N+](=O)[O-])cc4)C3)[C@H](C)[C@H]12. The minimum absolute atomic E-state index is 0.0258. The first-order valence-electron chi connectivity index (χ1n) is 20.5. The third kappa shape index (κ3) is 11.6. The van der Waals surface area contributed by atoms with Crippen molar-refractivity contribution in [3.8, 4) is 0 Å². The molecule has 24 nitrogen and oxygen atoms in total. The average Bonchev–Trinajstić information content (AvgIpc) is 3.81. The number of rotatable bonds is 19. The molecule has 3 aromatic rings. The van der Waals surface area contributed by atoms with Crippen LogP contribution in [-0.4, -0.2) is 108 Å². The second-order valence-electron chi connectivity index (χ2n) is 15.8. The van der Waals surface area contributed by atoms with Gasteiger partial charge in [0.25, 0.3) is 17.1 Å². The molecule has 5 N–H and O–H groups in total. The van der Waals surface area contributed by atoms with Crippen molar-refractivity contribution in [1.82, 2.24) is 20.4 Å². The Bertz CT molecular complexity index is 2470. The number of amides is 5. The molecule has 0 radical (unpaired) electrons. The number of ether oxygens (including phenoxy) is 3. The summed E-state index contributed by atoms with van der Waals surface area (Å²) in [5.41, 5.74) is 6.05. The molecule has 0 saturated carbocycles. The molecule has 3 aromatic carbocycles. The van der Waals surface area contributed by atoms with Crippen molar-refractivity contribution in [1.29, 1.82) is 0 Å². The number of thioether (sulfide) groups is 1. The number of esters is 1. The summed E-state index contributed by atoms with van der Waals surface area (Å²) in [4.78, 5) is 114. The van der Waals surface area contributed by atoms with E-state index in [-0.39, 0.29) is 62.1 Å². The van der Waals surface area contributed by atoms with E-state index in [0.717, 1.165) is 0 Å². The number of fused-ring (bicyclic) bond motifs is 1. The highest BCUT2D eigenvalue weighted by molar-refractivity contribution is 8.03. The van der Waals surface area contributed by atoms with Crippen LogP contribution in [0, 0.1) is 42.2 Å². The first-order valence-corrected chi connectivity index (χ1v) is 21.4. The number of carbonyl (C=O) groups excluding carboxylic acids is 6. The highest BCUT2D eigenvalue weighted by atomic mass is 32.2. The molecule has 67 heavy (non-hydrogen) atoms. The van der Waals surface area contributed by atoms with Crippen molar-refractivity contribution in [3.63, 3.8) is 0 Å². The van der Waals surface area contributed by atoms with Gasteiger partial charge in [-0.05, 0) is 66.4 Å². The van der Waals surface area contributed by atoms with Gasteiger partial charge in [-0.3, -0.25) is 44.7 Å². The zero-order valence-corrected chi connectivity index (χ0v) is 36.5. The van der Waals surface area contributed by atoms with Gasteiger partial charge in [-0.2, -0.15) is 0 Å². The molecule has 0 unspecified atom stereocenters. The Kier molecular flexibility index (Phi) is 15.4. The van der Waals surface area contributed by atoms with E-state index in [0.29, 0.717) is 21.6 Å². The number of hydrogen-bond donors (Lipinski definition) is 4. The van der Waals surface area contributed by atoms with Crippen molar-refractivity contribution in [2.45, 2.75) is 76.0 Å². The summed E-state index contributed by atoms with van der Waals surface area (Å²) < 4.78 is 16.4. The summed E-state index contributed by atoms with van der Waals surface area (Å²) in [6.45, 7) is 2.05. The summed E-state index contributed by atoms with van der Waals surface area (Å²) in [6, 6.07) is 12.8. The lowest BCUT2D eigenvalue weighted by atomic mass is 9.79. The van der Waals surface area contributed by atoms with Crippen molar-refractivity contribution in [2.75, 3.05) is 13.1 Å². The summed E-state index contributed by atoms with van der Waals surface area (Å²) >= 11 is 1.19. The van der Waals surface area contributed by atoms with E-state index in [4.69, 9.17) is 19.9 Å². The van der Waals surface area contributed by atoms with Crippen LogP contribution in [0.3, 0.4) is 0 Å². The number of nitro benzene ring substituents is 3. The third-order valence-electron chi connectivity index (χ3n) is 11.3. The maximum absolute atomic E-state index is 13.9. The second-order valence-corrected chi connectivity index (χ2v) is 17.2. The van der Waals surface area contributed by atoms with Gasteiger partial charge in [-0.1, -0.05) is 6.92 Å². The maximum atomic E-state index is 13.9. The van der Waals surface area contributed by atoms with Gasteiger partial charge in [-0.15, -0.1) is 11.8 Å². The van der Waals surface area contributed by atoms with E-state index >= 15 is 0 Å². The van der Waals surface area contributed by atoms with E-state index in [9.17, 15) is 64.2 Å². The number of carbonyl (C=O) groups is 6. The average molecular weight is 949 g/mol. The lowest BCUT2D eigenvalue weighted by Gasteiger charge is -2.46. The van der Waals surface area contributed by atoms with Gasteiger partial charge in [0, 0.05) is 65.6 Å². The van der Waals surface area contributed by atoms with Gasteiger partial charge < -0.3 is 45.5 Å². The Morgan fingerprint density at radius 1 is 0.821 bits per heavy atom. The van der Waals surface area contributed by atoms with Crippen molar-refractivity contribution in [2.24, 2.45) is 17.6 Å². The van der Waals surface area contributed by atoms with Gasteiger partial charge in [0.15, 0.2) is 0 Å². The molecule has 3 aliphatic heterocycles. The molecule has 3 heterocycles. The minimum Gasteiger partial charge on any atom is -0.456 e. The van der Waals surface area contributed by atoms with Crippen LogP contribution in [0.4, 0.5) is 26.7 Å². The lowest BCUT2D eigenvalue weighted by molar-refractivity contribution is -0.385. The highest BCUT2D eigenvalue weighted by Gasteiger charge is 2.60. The fourth-order valence-corrected chi connectivity index (χ4v) is 9.46. The lowest BCUT2D eigenvalue weighted by Crippen LogP contribution is -2.63. The first kappa shape index (κ1) is 48.8. The van der Waals surface area contributed by atoms with Crippen LogP contribution in [0.15, 0.2) is 83.4 Å². The number of nitrogens with one attached hydrogen (secondary N) is 2. The first-order chi connectivity index (χ1) is 31.8. The van der Waals surface area contributed by atoms with Gasteiger partial charge >= 0.3 is 18.2 Å². The van der Waals surface area contributed by atoms with Crippen LogP contribution < -0.4 is 16.4 Å². The summed E-state index contributed by atoms with van der Waals surface area (Å²) in [5.74, 6) is -4.52. The molecule has 0 bridgehead atoms. The van der Waals surface area contributed by atoms with Gasteiger partial charge in [0.2, 0.25) is 17.7 Å². The number of non-ortho nitro benzene ring substituents is 3. The zero-order chi connectivity index (χ0) is 48.7. The number of likely N-dealkylation sites (tertiary alicyclic amines) is 1. The summed E-state index contributed by atoms with van der Waals surface area (Å²) in [7, 11) is 0. The number of β-lactam (4-membered cyclic amide) rings is 1. The van der Waals surface area contributed by atoms with E-state index in [1.165, 1.54) is 101 Å². The van der Waals surface area contributed by atoms with Crippen LogP contribution in [0.5, 0.6) is 0 Å². The fraction of sp³-hybridized carbons (Fsp3) is 0.381. The molecule has 6 rings (SSSR count). The van der Waals surface area contributed by atoms with Gasteiger partial charge in [-0.25, -0.2) is 14.4 Å². The number of alkyl carbamates (subject to hydrolysis) is 1. The molecule has 5 amide bonds. The Labute approximate surface area is 384 Å². The maximum Gasteiger partial charge on any atom is 0.410 e. The van der Waals surface area contributed by atoms with Gasteiger partial charge in [0.1, 0.15) is 31.6 Å². The van der Waals surface area contributed by atoms with Crippen molar-refractivity contribution >= 4 is 64.7 Å². The molecular weight excluding hydrogens is 905 g/mol. The van der Waals surface area contributed by atoms with E-state index in [1.54, 1.807) is 6.92 Å². The number of aliphatic hydroxyl groups is 1. The fourth-order valence-electron chi connectivity index (χ4n) is 7.90. The van der Waals surface area contributed by atoms with E-state index < -0.39 is 98.4 Å².